The minimum atomic E-state index is -3.99. The molecule has 0 aliphatic heterocycles. The smallest absolute Gasteiger partial charge is 0.272 e. The van der Waals surface area contributed by atoms with Gasteiger partial charge >= 0.3 is 0 Å². The van der Waals surface area contributed by atoms with Gasteiger partial charge in [0, 0.05) is 15.4 Å². The van der Waals surface area contributed by atoms with E-state index in [2.05, 4.69) is 4.72 Å². The molecule has 0 aliphatic rings. The molecule has 21 heavy (non-hydrogen) atoms. The van der Waals surface area contributed by atoms with Gasteiger partial charge in [-0.25, -0.2) is 12.8 Å². The molecule has 108 valence electrons. The molecule has 0 radical (unpaired) electrons. The first kappa shape index (κ1) is 15.2. The van der Waals surface area contributed by atoms with Crippen molar-refractivity contribution < 1.29 is 12.8 Å². The Labute approximate surface area is 126 Å². The topological polar surface area (TPSA) is 70.0 Å². The molecule has 1 aromatic heterocycles. The maximum Gasteiger partial charge on any atom is 0.272 e. The van der Waals surface area contributed by atoms with Gasteiger partial charge in [0.2, 0.25) is 0 Å². The van der Waals surface area contributed by atoms with Crippen LogP contribution in [-0.2, 0) is 10.0 Å². The molecule has 2 rings (SSSR count). The van der Waals surface area contributed by atoms with Crippen molar-refractivity contribution in [2.24, 2.45) is 0 Å². The number of allylic oxidation sites excluding steroid dienone is 1. The van der Waals surface area contributed by atoms with Crippen LogP contribution in [0.25, 0.3) is 6.08 Å². The zero-order valence-electron chi connectivity index (χ0n) is 11.0. The Hall–Kier alpha value is -2.17. The van der Waals surface area contributed by atoms with Crippen molar-refractivity contribution in [1.82, 2.24) is 0 Å². The second-order valence-corrected chi connectivity index (χ2v) is 7.15. The normalized spacial score (nSPS) is 12.0. The summed E-state index contributed by atoms with van der Waals surface area (Å²) < 4.78 is 39.3. The predicted octanol–water partition coefficient (Wildman–Crippen LogP) is 3.50. The van der Waals surface area contributed by atoms with E-state index in [-0.39, 0.29) is 5.69 Å². The Morgan fingerprint density at radius 2 is 1.95 bits per heavy atom. The van der Waals surface area contributed by atoms with Crippen LogP contribution in [0.3, 0.4) is 0 Å². The second kappa shape index (κ2) is 6.08. The fourth-order valence-electron chi connectivity index (χ4n) is 1.56. The van der Waals surface area contributed by atoms with Crippen molar-refractivity contribution >= 4 is 33.1 Å². The second-order valence-electron chi connectivity index (χ2n) is 4.18. The molecule has 7 heteroatoms. The average molecular weight is 322 g/mol. The van der Waals surface area contributed by atoms with Crippen LogP contribution in [0.1, 0.15) is 9.75 Å². The van der Waals surface area contributed by atoms with Crippen LogP contribution in [0.4, 0.5) is 10.1 Å². The van der Waals surface area contributed by atoms with Gasteiger partial charge in [0.25, 0.3) is 10.0 Å². The van der Waals surface area contributed by atoms with Crippen LogP contribution in [0.2, 0.25) is 0 Å². The Morgan fingerprint density at radius 1 is 1.29 bits per heavy atom. The lowest BCUT2D eigenvalue weighted by Gasteiger charge is -2.06. The quantitative estimate of drug-likeness (QED) is 0.876. The number of nitrogens with one attached hydrogen (secondary N) is 1. The molecule has 2 aromatic rings. The van der Waals surface area contributed by atoms with Crippen LogP contribution in [0.15, 0.2) is 41.3 Å². The third kappa shape index (κ3) is 3.90. The maximum absolute atomic E-state index is 12.8. The van der Waals surface area contributed by atoms with Crippen LogP contribution in [0.5, 0.6) is 0 Å². The molecule has 0 unspecified atom stereocenters. The molecule has 0 aliphatic carbocycles. The average Bonchev–Trinajstić information content (AvgIpc) is 2.84. The number of aryl methyl sites for hydroxylation is 1. The first-order chi connectivity index (χ1) is 9.90. The summed E-state index contributed by atoms with van der Waals surface area (Å²) in [6.07, 6.45) is 1.31. The van der Waals surface area contributed by atoms with Crippen LogP contribution < -0.4 is 4.72 Å². The van der Waals surface area contributed by atoms with E-state index in [1.54, 1.807) is 12.1 Å². The summed E-state index contributed by atoms with van der Waals surface area (Å²) in [5, 5.41) is 9.06. The highest BCUT2D eigenvalue weighted by atomic mass is 32.2. The van der Waals surface area contributed by atoms with Crippen molar-refractivity contribution in [3.63, 3.8) is 0 Å². The van der Waals surface area contributed by atoms with Gasteiger partial charge < -0.3 is 0 Å². The Bertz CT molecular complexity index is 815. The number of hydrogen-bond acceptors (Lipinski definition) is 4. The van der Waals surface area contributed by atoms with E-state index >= 15 is 0 Å². The highest BCUT2D eigenvalue weighted by Gasteiger charge is 2.18. The van der Waals surface area contributed by atoms with Crippen molar-refractivity contribution in [3.05, 3.63) is 56.9 Å². The van der Waals surface area contributed by atoms with Crippen LogP contribution >= 0.6 is 11.3 Å². The number of thiophene rings is 1. The van der Waals surface area contributed by atoms with Crippen LogP contribution in [0, 0.1) is 24.1 Å². The van der Waals surface area contributed by atoms with E-state index in [4.69, 9.17) is 5.26 Å². The summed E-state index contributed by atoms with van der Waals surface area (Å²) in [7, 11) is -3.99. The van der Waals surface area contributed by atoms with E-state index in [1.165, 1.54) is 29.5 Å². The predicted molar refractivity (Wildman–Crippen MR) is 81.6 cm³/mol. The Kier molecular flexibility index (Phi) is 4.40. The third-order valence-electron chi connectivity index (χ3n) is 2.53. The van der Waals surface area contributed by atoms with Crippen molar-refractivity contribution in [2.45, 2.75) is 6.92 Å². The van der Waals surface area contributed by atoms with Gasteiger partial charge in [-0.1, -0.05) is 0 Å². The van der Waals surface area contributed by atoms with Gasteiger partial charge in [-0.2, -0.15) is 5.26 Å². The summed E-state index contributed by atoms with van der Waals surface area (Å²) in [5.41, 5.74) is 0.194. The summed E-state index contributed by atoms with van der Waals surface area (Å²) in [6.45, 7) is 1.89. The SMILES string of the molecule is Cc1ccc(/C=C(\C#N)S(=O)(=O)Nc2ccc(F)cc2)s1. The molecular formula is C14H11FN2O2S2. The first-order valence-electron chi connectivity index (χ1n) is 5.87. The lowest BCUT2D eigenvalue weighted by atomic mass is 10.3. The number of sulfonamides is 1. The molecule has 0 fully saturated rings. The standard InChI is InChI=1S/C14H11FN2O2S2/c1-10-2-7-13(20-10)8-14(9-16)21(18,19)17-12-5-3-11(15)4-6-12/h2-8,17H,1H3/b14-8+. The summed E-state index contributed by atoms with van der Waals surface area (Å²) in [5.74, 6) is -0.469. The van der Waals surface area contributed by atoms with Gasteiger partial charge in [-0.3, -0.25) is 4.72 Å². The van der Waals surface area contributed by atoms with Crippen molar-refractivity contribution in [1.29, 1.82) is 5.26 Å². The number of benzene rings is 1. The molecule has 0 atom stereocenters. The first-order valence-corrected chi connectivity index (χ1v) is 8.17. The highest BCUT2D eigenvalue weighted by Crippen LogP contribution is 2.21. The molecule has 0 bridgehead atoms. The molecular weight excluding hydrogens is 311 g/mol. The third-order valence-corrected chi connectivity index (χ3v) is 4.77. The molecule has 1 heterocycles. The number of nitrogens with zero attached hydrogens (tertiary/aromatic N) is 1. The minimum Gasteiger partial charge on any atom is -0.279 e. The van der Waals surface area contributed by atoms with Gasteiger partial charge in [0.15, 0.2) is 4.91 Å². The van der Waals surface area contributed by atoms with E-state index in [1.807, 2.05) is 13.0 Å². The van der Waals surface area contributed by atoms with Gasteiger partial charge in [-0.05, 0) is 49.4 Å². The fraction of sp³-hybridized carbons (Fsp3) is 0.0714. The Morgan fingerprint density at radius 3 is 2.48 bits per heavy atom. The van der Waals surface area contributed by atoms with Gasteiger partial charge in [0.05, 0.1) is 0 Å². The lowest BCUT2D eigenvalue weighted by molar-refractivity contribution is 0.608. The van der Waals surface area contributed by atoms with Gasteiger partial charge in [0.1, 0.15) is 11.9 Å². The van der Waals surface area contributed by atoms with E-state index < -0.39 is 20.7 Å². The summed E-state index contributed by atoms with van der Waals surface area (Å²) in [6, 6.07) is 10.1. The molecule has 0 amide bonds. The molecule has 0 saturated heterocycles. The Balaban J connectivity index is 2.30. The lowest BCUT2D eigenvalue weighted by Crippen LogP contribution is -2.14. The number of hydrogen-bond donors (Lipinski definition) is 1. The van der Waals surface area contributed by atoms with E-state index in [9.17, 15) is 12.8 Å². The number of nitriles is 1. The zero-order valence-corrected chi connectivity index (χ0v) is 12.6. The van der Waals surface area contributed by atoms with E-state index in [0.717, 1.165) is 17.0 Å². The van der Waals surface area contributed by atoms with Crippen molar-refractivity contribution in [2.75, 3.05) is 4.72 Å². The highest BCUT2D eigenvalue weighted by molar-refractivity contribution is 7.97. The van der Waals surface area contributed by atoms with Crippen molar-refractivity contribution in [3.8, 4) is 6.07 Å². The monoisotopic (exact) mass is 322 g/mol. The summed E-state index contributed by atoms with van der Waals surface area (Å²) in [4.78, 5) is 1.30. The molecule has 0 saturated carbocycles. The maximum atomic E-state index is 12.8. The summed E-state index contributed by atoms with van der Waals surface area (Å²) >= 11 is 1.39. The zero-order chi connectivity index (χ0) is 15.5. The van der Waals surface area contributed by atoms with E-state index in [0.29, 0.717) is 4.88 Å². The molecule has 0 spiro atoms. The molecule has 1 N–H and O–H groups in total. The van der Waals surface area contributed by atoms with Gasteiger partial charge in [-0.15, -0.1) is 11.3 Å². The number of halogens is 1. The van der Waals surface area contributed by atoms with Crippen LogP contribution in [-0.4, -0.2) is 8.42 Å². The largest absolute Gasteiger partial charge is 0.279 e. The fourth-order valence-corrected chi connectivity index (χ4v) is 3.41. The number of rotatable bonds is 4. The molecule has 1 aromatic carbocycles. The molecule has 4 nitrogen and oxygen atoms in total. The number of anilines is 1. The minimum absolute atomic E-state index is 0.194.